The van der Waals surface area contributed by atoms with Crippen LogP contribution in [0.1, 0.15) is 50.5 Å². The molecule has 2 N–H and O–H groups in total. The van der Waals surface area contributed by atoms with Gasteiger partial charge in [-0.15, -0.1) is 12.4 Å². The Balaban J connectivity index is 0.00000192. The summed E-state index contributed by atoms with van der Waals surface area (Å²) in [5.41, 5.74) is 1.41. The van der Waals surface area contributed by atoms with Crippen molar-refractivity contribution in [1.82, 2.24) is 10.6 Å². The van der Waals surface area contributed by atoms with E-state index in [1.165, 1.54) is 18.4 Å². The topological polar surface area (TPSA) is 41.1 Å². The number of carbonyl (C=O) groups excluding carboxylic acids is 1. The highest BCUT2D eigenvalue weighted by Gasteiger charge is 2.31. The van der Waals surface area contributed by atoms with Crippen LogP contribution in [0.2, 0.25) is 0 Å². The van der Waals surface area contributed by atoms with Crippen LogP contribution in [-0.2, 0) is 4.79 Å². The molecule has 2 fully saturated rings. The fraction of sp³-hybridized carbons (Fsp3) is 0.632. The fourth-order valence-corrected chi connectivity index (χ4v) is 3.89. The van der Waals surface area contributed by atoms with Gasteiger partial charge in [-0.1, -0.05) is 37.3 Å². The van der Waals surface area contributed by atoms with Crippen molar-refractivity contribution in [3.63, 3.8) is 0 Å². The van der Waals surface area contributed by atoms with E-state index in [-0.39, 0.29) is 18.3 Å². The molecule has 1 atom stereocenters. The second kappa shape index (κ2) is 8.70. The normalized spacial score (nSPS) is 25.8. The fourth-order valence-electron chi connectivity index (χ4n) is 3.89. The minimum Gasteiger partial charge on any atom is -0.353 e. The van der Waals surface area contributed by atoms with Crippen LogP contribution in [0.4, 0.5) is 0 Å². The van der Waals surface area contributed by atoms with Gasteiger partial charge in [-0.2, -0.15) is 0 Å². The molecule has 23 heavy (non-hydrogen) atoms. The Morgan fingerprint density at radius 3 is 2.52 bits per heavy atom. The van der Waals surface area contributed by atoms with E-state index in [1.54, 1.807) is 0 Å². The molecule has 3 rings (SSSR count). The lowest BCUT2D eigenvalue weighted by Crippen LogP contribution is -2.44. The zero-order valence-corrected chi connectivity index (χ0v) is 14.8. The summed E-state index contributed by atoms with van der Waals surface area (Å²) < 4.78 is 0. The average molecular weight is 337 g/mol. The van der Waals surface area contributed by atoms with Gasteiger partial charge in [0, 0.05) is 12.5 Å². The number of piperidine rings is 1. The second-order valence-electron chi connectivity index (χ2n) is 7.11. The molecule has 1 aromatic carbocycles. The van der Waals surface area contributed by atoms with Gasteiger partial charge in [0.25, 0.3) is 0 Å². The predicted octanol–water partition coefficient (Wildman–Crippen LogP) is 3.50. The number of hydrogen-bond acceptors (Lipinski definition) is 2. The van der Waals surface area contributed by atoms with Crippen LogP contribution in [0.15, 0.2) is 30.3 Å². The van der Waals surface area contributed by atoms with Crippen molar-refractivity contribution >= 4 is 18.3 Å². The molecule has 4 heteroatoms. The quantitative estimate of drug-likeness (QED) is 0.864. The summed E-state index contributed by atoms with van der Waals surface area (Å²) in [4.78, 5) is 12.2. The van der Waals surface area contributed by atoms with Crippen molar-refractivity contribution < 1.29 is 4.79 Å². The first-order valence-corrected chi connectivity index (χ1v) is 8.77. The van der Waals surface area contributed by atoms with Crippen LogP contribution in [0.5, 0.6) is 0 Å². The number of hydrogen-bond donors (Lipinski definition) is 2. The molecule has 1 aliphatic heterocycles. The van der Waals surface area contributed by atoms with E-state index in [1.807, 2.05) is 0 Å². The number of benzene rings is 1. The zero-order valence-electron chi connectivity index (χ0n) is 14.0. The molecule has 128 valence electrons. The van der Waals surface area contributed by atoms with Crippen LogP contribution in [0.3, 0.4) is 0 Å². The first-order valence-electron chi connectivity index (χ1n) is 8.77. The van der Waals surface area contributed by atoms with Gasteiger partial charge >= 0.3 is 0 Å². The maximum atomic E-state index is 12.2. The summed E-state index contributed by atoms with van der Waals surface area (Å²) in [6, 6.07) is 11.0. The second-order valence-corrected chi connectivity index (χ2v) is 7.11. The summed E-state index contributed by atoms with van der Waals surface area (Å²) in [6.07, 6.45) is 5.31. The summed E-state index contributed by atoms with van der Waals surface area (Å²) in [6.45, 7) is 4.46. The van der Waals surface area contributed by atoms with Crippen molar-refractivity contribution in [3.8, 4) is 0 Å². The zero-order chi connectivity index (χ0) is 15.4. The highest BCUT2D eigenvalue weighted by molar-refractivity contribution is 5.85. The Bertz CT molecular complexity index is 481. The molecule has 0 spiro atoms. The summed E-state index contributed by atoms with van der Waals surface area (Å²) in [5.74, 6) is 2.11. The molecule has 1 saturated carbocycles. The van der Waals surface area contributed by atoms with Crippen molar-refractivity contribution in [3.05, 3.63) is 35.9 Å². The summed E-state index contributed by atoms with van der Waals surface area (Å²) in [7, 11) is 0. The van der Waals surface area contributed by atoms with E-state index in [2.05, 4.69) is 47.9 Å². The molecule has 3 nitrogen and oxygen atoms in total. The van der Waals surface area contributed by atoms with Crippen molar-refractivity contribution in [1.29, 1.82) is 0 Å². The van der Waals surface area contributed by atoms with Crippen LogP contribution >= 0.6 is 12.4 Å². The molecule has 1 aromatic rings. The minimum absolute atomic E-state index is 0. The summed E-state index contributed by atoms with van der Waals surface area (Å²) in [5, 5.41) is 6.62. The van der Waals surface area contributed by atoms with E-state index in [0.717, 1.165) is 25.9 Å². The third-order valence-corrected chi connectivity index (χ3v) is 5.47. The van der Waals surface area contributed by atoms with Crippen LogP contribution < -0.4 is 10.6 Å². The Morgan fingerprint density at radius 1 is 1.22 bits per heavy atom. The lowest BCUT2D eigenvalue weighted by Gasteiger charge is -2.36. The molecule has 1 unspecified atom stereocenters. The van der Waals surface area contributed by atoms with Gasteiger partial charge in [0.05, 0.1) is 0 Å². The lowest BCUT2D eigenvalue weighted by atomic mass is 9.75. The third-order valence-electron chi connectivity index (χ3n) is 5.47. The monoisotopic (exact) mass is 336 g/mol. The van der Waals surface area contributed by atoms with Gasteiger partial charge < -0.3 is 10.6 Å². The highest BCUT2D eigenvalue weighted by Crippen LogP contribution is 2.36. The minimum atomic E-state index is 0. The average Bonchev–Trinajstić information content (AvgIpc) is 2.52. The van der Waals surface area contributed by atoms with E-state index in [9.17, 15) is 4.79 Å². The maximum absolute atomic E-state index is 12.2. The first-order chi connectivity index (χ1) is 10.7. The molecule has 1 heterocycles. The van der Waals surface area contributed by atoms with Crippen LogP contribution in [0.25, 0.3) is 0 Å². The standard InChI is InChI=1S/C19H28N2O.ClH/c1-14(15-7-9-20-10-8-15)11-19(22)21-18-12-17(13-18)16-5-3-2-4-6-16;/h2-6,14-15,17-18,20H,7-13H2,1H3,(H,21,22);1H. The van der Waals surface area contributed by atoms with E-state index < -0.39 is 0 Å². The predicted molar refractivity (Wildman–Crippen MR) is 97.0 cm³/mol. The molecule has 2 aliphatic rings. The number of amides is 1. The largest absolute Gasteiger partial charge is 0.353 e. The van der Waals surface area contributed by atoms with Gasteiger partial charge in [0.1, 0.15) is 0 Å². The SMILES string of the molecule is CC(CC(=O)NC1CC(c2ccccc2)C1)C1CCNCC1.Cl. The maximum Gasteiger partial charge on any atom is 0.220 e. The van der Waals surface area contributed by atoms with Crippen molar-refractivity contribution in [2.75, 3.05) is 13.1 Å². The smallest absolute Gasteiger partial charge is 0.220 e. The van der Waals surface area contributed by atoms with E-state index in [4.69, 9.17) is 0 Å². The Hall–Kier alpha value is -1.06. The highest BCUT2D eigenvalue weighted by atomic mass is 35.5. The van der Waals surface area contributed by atoms with E-state index >= 15 is 0 Å². The van der Waals surface area contributed by atoms with Gasteiger partial charge in [0.15, 0.2) is 0 Å². The van der Waals surface area contributed by atoms with Crippen LogP contribution in [0, 0.1) is 11.8 Å². The number of nitrogens with one attached hydrogen (secondary N) is 2. The lowest BCUT2D eigenvalue weighted by molar-refractivity contribution is -0.123. The van der Waals surface area contributed by atoms with Crippen molar-refractivity contribution in [2.45, 2.75) is 51.0 Å². The number of carbonyl (C=O) groups is 1. The molecule has 1 aliphatic carbocycles. The Labute approximate surface area is 146 Å². The summed E-state index contributed by atoms with van der Waals surface area (Å²) >= 11 is 0. The molecule has 0 bridgehead atoms. The number of rotatable bonds is 5. The Morgan fingerprint density at radius 2 is 1.87 bits per heavy atom. The number of halogens is 1. The van der Waals surface area contributed by atoms with Gasteiger partial charge in [-0.05, 0) is 62.1 Å². The van der Waals surface area contributed by atoms with Gasteiger partial charge in [0.2, 0.25) is 5.91 Å². The molecular weight excluding hydrogens is 308 g/mol. The molecule has 0 radical (unpaired) electrons. The van der Waals surface area contributed by atoms with Gasteiger partial charge in [-0.25, -0.2) is 0 Å². The Kier molecular flexibility index (Phi) is 6.91. The van der Waals surface area contributed by atoms with Crippen molar-refractivity contribution in [2.24, 2.45) is 11.8 Å². The molecule has 0 aromatic heterocycles. The van der Waals surface area contributed by atoms with Gasteiger partial charge in [-0.3, -0.25) is 4.79 Å². The molecule has 1 saturated heterocycles. The molecular formula is C19H29ClN2O. The third kappa shape index (κ3) is 4.95. The van der Waals surface area contributed by atoms with Crippen LogP contribution in [-0.4, -0.2) is 25.0 Å². The first kappa shape index (κ1) is 18.3. The van der Waals surface area contributed by atoms with E-state index in [0.29, 0.717) is 30.2 Å². The molecule has 1 amide bonds.